The van der Waals surface area contributed by atoms with Crippen LogP contribution in [0.15, 0.2) is 84.9 Å². The molecule has 3 amide bonds. The van der Waals surface area contributed by atoms with E-state index in [1.54, 1.807) is 42.5 Å². The average molecular weight is 702 g/mol. The molecule has 1 saturated carbocycles. The van der Waals surface area contributed by atoms with Gasteiger partial charge in [-0.3, -0.25) is 14.4 Å². The number of aromatic nitrogens is 1. The summed E-state index contributed by atoms with van der Waals surface area (Å²) in [7, 11) is 0. The molecule has 1 saturated heterocycles. The first kappa shape index (κ1) is 33.5. The predicted molar refractivity (Wildman–Crippen MR) is 184 cm³/mol. The second kappa shape index (κ2) is 14.4. The highest BCUT2D eigenvalue weighted by Crippen LogP contribution is 2.45. The van der Waals surface area contributed by atoms with E-state index in [0.717, 1.165) is 25.7 Å². The number of nitrogens with one attached hydrogen (secondary N) is 3. The lowest BCUT2D eigenvalue weighted by Crippen LogP contribution is -2.57. The Hall–Kier alpha value is -5.04. The summed E-state index contributed by atoms with van der Waals surface area (Å²) in [5, 5.41) is 6.50. The van der Waals surface area contributed by atoms with Crippen molar-refractivity contribution in [2.24, 2.45) is 5.92 Å². The number of nitrogens with zero attached hydrogens (tertiary/aromatic N) is 2. The van der Waals surface area contributed by atoms with E-state index in [4.69, 9.17) is 9.57 Å². The molecule has 0 unspecified atom stereocenters. The number of rotatable bonds is 7. The number of thiazole rings is 1. The number of para-hydroxylation sites is 1. The largest absolute Gasteiger partial charge is 0.465 e. The van der Waals surface area contributed by atoms with Crippen molar-refractivity contribution in [2.45, 2.75) is 68.7 Å². The van der Waals surface area contributed by atoms with Crippen LogP contribution in [-0.4, -0.2) is 57.9 Å². The molecule has 7 rings (SSSR count). The zero-order chi connectivity index (χ0) is 34.7. The number of halogens is 2. The highest BCUT2D eigenvalue weighted by molar-refractivity contribution is 7.20. The molecule has 0 spiro atoms. The van der Waals surface area contributed by atoms with Crippen LogP contribution < -0.4 is 25.7 Å². The summed E-state index contributed by atoms with van der Waals surface area (Å²) in [5.74, 6) is -1.98. The van der Waals surface area contributed by atoms with Crippen molar-refractivity contribution in [3.63, 3.8) is 0 Å². The summed E-state index contributed by atoms with van der Waals surface area (Å²) < 4.78 is 34.9. The van der Waals surface area contributed by atoms with Gasteiger partial charge in [-0.25, -0.2) is 13.8 Å². The van der Waals surface area contributed by atoms with E-state index in [9.17, 15) is 23.2 Å². The summed E-state index contributed by atoms with van der Waals surface area (Å²) >= 11 is 1.18. The molecule has 1 aromatic heterocycles. The third-order valence-corrected chi connectivity index (χ3v) is 10.3. The number of hydrogen-bond acceptors (Lipinski definition) is 8. The number of allylic oxidation sites excluding steroid dienone is 1. The van der Waals surface area contributed by atoms with Crippen LogP contribution in [0.3, 0.4) is 0 Å². The Morgan fingerprint density at radius 1 is 1.00 bits per heavy atom. The Morgan fingerprint density at radius 3 is 2.68 bits per heavy atom. The maximum absolute atomic E-state index is 14.4. The lowest BCUT2D eigenvalue weighted by atomic mass is 10.0. The fourth-order valence-corrected chi connectivity index (χ4v) is 7.61. The van der Waals surface area contributed by atoms with Crippen molar-refractivity contribution in [3.8, 4) is 10.9 Å². The van der Waals surface area contributed by atoms with E-state index in [0.29, 0.717) is 39.7 Å². The molecular formula is C37H37F2N5O5S. The molecule has 50 heavy (non-hydrogen) atoms. The molecule has 2 fully saturated rings. The Labute approximate surface area is 291 Å². The fraction of sp³-hybridized carbons (Fsp3) is 0.351. The van der Waals surface area contributed by atoms with Gasteiger partial charge >= 0.3 is 0 Å². The minimum atomic E-state index is -1.27. The number of anilines is 1. The van der Waals surface area contributed by atoms with Crippen LogP contribution in [0.25, 0.3) is 10.2 Å². The topological polar surface area (TPSA) is 122 Å². The van der Waals surface area contributed by atoms with Crippen LogP contribution >= 0.6 is 11.3 Å². The Bertz CT molecular complexity index is 1910. The van der Waals surface area contributed by atoms with E-state index in [1.165, 1.54) is 40.5 Å². The van der Waals surface area contributed by atoms with Crippen LogP contribution in [0.1, 0.15) is 44.9 Å². The van der Waals surface area contributed by atoms with Crippen molar-refractivity contribution in [1.29, 1.82) is 0 Å². The summed E-state index contributed by atoms with van der Waals surface area (Å²) in [6.45, 7) is 0.0716. The summed E-state index contributed by atoms with van der Waals surface area (Å²) in [6.07, 6.45) is 7.59. The van der Waals surface area contributed by atoms with E-state index in [2.05, 4.69) is 21.1 Å². The highest BCUT2D eigenvalue weighted by atomic mass is 32.1. The first-order chi connectivity index (χ1) is 24.3. The second-order valence-electron chi connectivity index (χ2n) is 13.0. The molecule has 0 bridgehead atoms. The third-order valence-electron chi connectivity index (χ3n) is 9.41. The minimum absolute atomic E-state index is 0.0716. The first-order valence-corrected chi connectivity index (χ1v) is 17.7. The van der Waals surface area contributed by atoms with Crippen LogP contribution in [-0.2, 0) is 14.4 Å². The molecule has 10 nitrogen and oxygen atoms in total. The highest BCUT2D eigenvalue weighted by Gasteiger charge is 2.61. The SMILES string of the molecule is O=C1N[C@]2(C(=O)NOc3ccccc3)C[C@H]2/C=C\CCCCC[C@H](Nc2cccc(F)c2)C(=O)N2C[C@H](Oc3nc4ccc(F)cc4s3)C[C@@H]12. The van der Waals surface area contributed by atoms with E-state index >= 15 is 0 Å². The number of fused-ring (bicyclic) bond motifs is 3. The van der Waals surface area contributed by atoms with Crippen LogP contribution in [0, 0.1) is 17.6 Å². The standard InChI is InChI=1S/C37H37F2N5O5S/c38-24-11-9-12-26(18-24)40-30-15-8-3-1-2-5-10-23-21-37(23,35(47)43-49-27-13-6-4-7-14-27)42-33(45)31-20-28(22-44(31)34(30)46)48-36-41-29-17-16-25(39)19-32(29)50-36/h4-7,9-14,16-19,23,28,30-31,40H,1-3,8,15,20-22H2,(H,42,45)(H,43,47)/b10-5-/t23-,28-,30+,31+,37-/m1/s1. The molecule has 3 heterocycles. The van der Waals surface area contributed by atoms with Gasteiger partial charge in [-0.15, -0.1) is 0 Å². The van der Waals surface area contributed by atoms with Gasteiger partial charge in [-0.2, -0.15) is 5.48 Å². The third kappa shape index (κ3) is 7.42. The van der Waals surface area contributed by atoms with Crippen LogP contribution in [0.5, 0.6) is 10.9 Å². The minimum Gasteiger partial charge on any atom is -0.465 e. The smallest absolute Gasteiger partial charge is 0.278 e. The monoisotopic (exact) mass is 701 g/mol. The summed E-state index contributed by atoms with van der Waals surface area (Å²) in [6, 6.07) is 17.3. The Morgan fingerprint density at radius 2 is 1.84 bits per heavy atom. The molecule has 1 aliphatic carbocycles. The number of carbonyl (C=O) groups is 3. The maximum Gasteiger partial charge on any atom is 0.278 e. The Kier molecular flexibility index (Phi) is 9.66. The lowest BCUT2D eigenvalue weighted by molar-refractivity contribution is -0.141. The molecule has 5 atom stereocenters. The van der Waals surface area contributed by atoms with Gasteiger partial charge in [-0.1, -0.05) is 60.6 Å². The predicted octanol–water partition coefficient (Wildman–Crippen LogP) is 5.91. The molecule has 13 heteroatoms. The molecule has 260 valence electrons. The van der Waals surface area contributed by atoms with Crippen LogP contribution in [0.2, 0.25) is 0 Å². The number of amides is 3. The molecule has 3 N–H and O–H groups in total. The van der Waals surface area contributed by atoms with Crippen molar-refractivity contribution in [3.05, 3.63) is 96.6 Å². The normalized spacial score (nSPS) is 26.1. The number of benzene rings is 3. The van der Waals surface area contributed by atoms with Gasteiger partial charge in [0.1, 0.15) is 35.4 Å². The van der Waals surface area contributed by atoms with E-state index in [-0.39, 0.29) is 30.6 Å². The van der Waals surface area contributed by atoms with Gasteiger partial charge in [0, 0.05) is 18.0 Å². The van der Waals surface area contributed by atoms with Crippen molar-refractivity contribution in [2.75, 3.05) is 11.9 Å². The summed E-state index contributed by atoms with van der Waals surface area (Å²) in [4.78, 5) is 53.8. The van der Waals surface area contributed by atoms with Gasteiger partial charge in [0.05, 0.1) is 16.8 Å². The zero-order valence-corrected chi connectivity index (χ0v) is 28.0. The fourth-order valence-electron chi connectivity index (χ4n) is 6.70. The molecule has 2 aliphatic heterocycles. The van der Waals surface area contributed by atoms with Gasteiger partial charge in [0.2, 0.25) is 11.8 Å². The molecule has 3 aliphatic rings. The maximum atomic E-state index is 14.4. The van der Waals surface area contributed by atoms with Gasteiger partial charge in [0.15, 0.2) is 5.75 Å². The first-order valence-electron chi connectivity index (χ1n) is 16.8. The average Bonchev–Trinajstić information content (AvgIpc) is 3.40. The van der Waals surface area contributed by atoms with E-state index in [1.807, 2.05) is 18.2 Å². The number of hydroxylamine groups is 1. The second-order valence-corrected chi connectivity index (χ2v) is 14.0. The number of ether oxygens (including phenoxy) is 1. The molecule has 3 aromatic carbocycles. The van der Waals surface area contributed by atoms with E-state index < -0.39 is 41.4 Å². The number of hydrogen-bond donors (Lipinski definition) is 3. The Balaban J connectivity index is 1.16. The van der Waals surface area contributed by atoms with Gasteiger partial charge < -0.3 is 25.1 Å². The van der Waals surface area contributed by atoms with Crippen LogP contribution in [0.4, 0.5) is 14.5 Å². The van der Waals surface area contributed by atoms with Gasteiger partial charge in [0.25, 0.3) is 11.1 Å². The van der Waals surface area contributed by atoms with Gasteiger partial charge in [-0.05, 0) is 74.2 Å². The van der Waals surface area contributed by atoms with Crippen molar-refractivity contribution < 1.29 is 32.7 Å². The molecule has 0 radical (unpaired) electrons. The lowest BCUT2D eigenvalue weighted by Gasteiger charge is -2.30. The van der Waals surface area contributed by atoms with Crippen molar-refractivity contribution >= 4 is 45.0 Å². The number of carbonyl (C=O) groups excluding carboxylic acids is 3. The molecule has 4 aromatic rings. The summed E-state index contributed by atoms with van der Waals surface area (Å²) in [5.41, 5.74) is 2.27. The zero-order valence-electron chi connectivity index (χ0n) is 27.1. The molecular weight excluding hydrogens is 665 g/mol. The quantitative estimate of drug-likeness (QED) is 0.162. The van der Waals surface area contributed by atoms with Crippen molar-refractivity contribution in [1.82, 2.24) is 20.7 Å².